The van der Waals surface area contributed by atoms with E-state index in [9.17, 15) is 4.79 Å². The minimum atomic E-state index is -0.824. The van der Waals surface area contributed by atoms with E-state index in [4.69, 9.17) is 10.8 Å². The summed E-state index contributed by atoms with van der Waals surface area (Å²) >= 11 is 1.43. The number of carbonyl (C=O) groups is 1. The molecule has 0 saturated carbocycles. The number of carboxylic acids is 1. The van der Waals surface area contributed by atoms with Crippen LogP contribution in [-0.2, 0) is 17.8 Å². The largest absolute Gasteiger partial charge is 1.00 e. The quantitative estimate of drug-likeness (QED) is 0.553. The number of rotatable bonds is 4. The topological polar surface area (TPSA) is 93.0 Å². The van der Waals surface area contributed by atoms with E-state index in [0.717, 1.165) is 16.1 Å². The summed E-state index contributed by atoms with van der Waals surface area (Å²) in [5.41, 5.74) is 9.52. The van der Waals surface area contributed by atoms with Crippen molar-refractivity contribution in [2.75, 3.05) is 5.73 Å². The van der Waals surface area contributed by atoms with Crippen LogP contribution in [0.5, 0.6) is 0 Å². The van der Waals surface area contributed by atoms with Gasteiger partial charge in [0.1, 0.15) is 11.6 Å². The molecule has 0 aliphatic carbocycles. The highest BCUT2D eigenvalue weighted by Crippen LogP contribution is 2.14. The first-order chi connectivity index (χ1) is 8.97. The highest BCUT2D eigenvalue weighted by Gasteiger charge is 2.19. The van der Waals surface area contributed by atoms with E-state index < -0.39 is 5.97 Å². The molecule has 0 saturated heterocycles. The fraction of sp³-hybridized carbons (Fsp3) is 0.333. The number of thiazole rings is 1. The lowest BCUT2D eigenvalue weighted by Gasteiger charge is -2.01. The third-order valence-corrected chi connectivity index (χ3v) is 3.91. The molecule has 0 radical (unpaired) electrons. The molecule has 6 nitrogen and oxygen atoms in total. The highest BCUT2D eigenvalue weighted by molar-refractivity contribution is 8.93. The second-order valence-corrected chi connectivity index (χ2v) is 5.20. The lowest BCUT2D eigenvalue weighted by atomic mass is 10.2. The Morgan fingerprint density at radius 2 is 2.14 bits per heavy atom. The zero-order chi connectivity index (χ0) is 14.0. The van der Waals surface area contributed by atoms with Crippen molar-refractivity contribution >= 4 is 40.1 Å². The van der Waals surface area contributed by atoms with Gasteiger partial charge >= 0.3 is 5.97 Å². The third kappa shape index (κ3) is 5.01. The Labute approximate surface area is 147 Å². The maximum absolute atomic E-state index is 10.7. The van der Waals surface area contributed by atoms with Gasteiger partial charge in [0, 0.05) is 13.1 Å². The van der Waals surface area contributed by atoms with Crippen LogP contribution in [0.3, 0.4) is 0 Å². The van der Waals surface area contributed by atoms with Crippen molar-refractivity contribution < 1.29 is 31.4 Å². The number of aromatic nitrogens is 3. The molecule has 0 aliphatic heterocycles. The lowest BCUT2D eigenvalue weighted by Crippen LogP contribution is -3.00. The van der Waals surface area contributed by atoms with Crippen LogP contribution in [0.25, 0.3) is 0 Å². The van der Waals surface area contributed by atoms with Gasteiger partial charge in [-0.05, 0) is 6.92 Å². The lowest BCUT2D eigenvalue weighted by molar-refractivity contribution is -0.689. The summed E-state index contributed by atoms with van der Waals surface area (Å²) in [5.74, 6) is 0.278. The number of anilines is 1. The molecule has 3 N–H and O–H groups in total. The number of aryl methyl sites for hydroxylation is 1. The summed E-state index contributed by atoms with van der Waals surface area (Å²) < 4.78 is 1.97. The van der Waals surface area contributed by atoms with Crippen LogP contribution >= 0.6 is 28.3 Å². The molecule has 0 aromatic carbocycles. The zero-order valence-corrected chi connectivity index (χ0v) is 15.7. The number of hydrogen-bond donors (Lipinski definition) is 2. The Kier molecular flexibility index (Phi) is 7.98. The smallest absolute Gasteiger partial charge is 0.308 e. The first-order valence-corrected chi connectivity index (χ1v) is 6.61. The van der Waals surface area contributed by atoms with E-state index in [1.165, 1.54) is 11.3 Å². The number of aliphatic carboxylic acids is 1. The Hall–Kier alpha value is -1.06. The molecule has 21 heavy (non-hydrogen) atoms. The number of nitrogens with two attached hydrogens (primary N) is 1. The predicted octanol–water partition coefficient (Wildman–Crippen LogP) is -1.72. The minimum Gasteiger partial charge on any atom is -1.00 e. The van der Waals surface area contributed by atoms with E-state index in [0.29, 0.717) is 18.2 Å². The summed E-state index contributed by atoms with van der Waals surface area (Å²) in [4.78, 5) is 19.8. The summed E-state index contributed by atoms with van der Waals surface area (Å²) in [7, 11) is 0. The van der Waals surface area contributed by atoms with Crippen molar-refractivity contribution in [1.82, 2.24) is 9.97 Å². The van der Waals surface area contributed by atoms with Crippen molar-refractivity contribution in [3.8, 4) is 0 Å². The molecule has 0 fully saturated rings. The average molecular weight is 440 g/mol. The van der Waals surface area contributed by atoms with Gasteiger partial charge in [-0.3, -0.25) is 4.79 Å². The Bertz CT molecular complexity index is 634. The molecule has 0 atom stereocenters. The first kappa shape index (κ1) is 19.9. The van der Waals surface area contributed by atoms with Crippen LogP contribution < -0.4 is 27.3 Å². The zero-order valence-electron chi connectivity index (χ0n) is 11.5. The molecule has 0 bridgehead atoms. The van der Waals surface area contributed by atoms with Gasteiger partial charge in [-0.15, -0.1) is 17.0 Å². The average Bonchev–Trinajstić information content (AvgIpc) is 2.64. The number of carboxylic acid groups (broad SMARTS) is 1. The van der Waals surface area contributed by atoms with Crippen LogP contribution in [0.1, 0.15) is 22.0 Å². The molecule has 0 unspecified atom stereocenters. The van der Waals surface area contributed by atoms with Crippen LogP contribution in [-0.4, -0.2) is 21.0 Å². The van der Waals surface area contributed by atoms with Gasteiger partial charge < -0.3 is 27.8 Å². The first-order valence-electron chi connectivity index (χ1n) is 5.73. The number of halogens is 2. The fourth-order valence-corrected chi connectivity index (χ4v) is 2.71. The maximum Gasteiger partial charge on any atom is 0.308 e. The second kappa shape index (κ2) is 8.40. The molecule has 2 rings (SSSR count). The van der Waals surface area contributed by atoms with Crippen molar-refractivity contribution in [3.63, 3.8) is 0 Å². The molecule has 116 valence electrons. The van der Waals surface area contributed by atoms with Crippen molar-refractivity contribution in [3.05, 3.63) is 33.7 Å². The Balaban J connectivity index is 0.00000200. The third-order valence-electron chi connectivity index (χ3n) is 2.83. The Morgan fingerprint density at radius 3 is 2.71 bits per heavy atom. The molecule has 9 heteroatoms. The molecule has 2 heterocycles. The van der Waals surface area contributed by atoms with Crippen LogP contribution in [0.15, 0.2) is 11.7 Å². The number of hydrogen-bond acceptors (Lipinski definition) is 5. The molecular weight excluding hydrogens is 424 g/mol. The molecule has 0 amide bonds. The number of nitrogen functional groups attached to an aromatic ring is 1. The summed E-state index contributed by atoms with van der Waals surface area (Å²) in [6.07, 6.45) is 1.75. The van der Waals surface area contributed by atoms with Gasteiger partial charge in [-0.2, -0.15) is 4.57 Å². The van der Waals surface area contributed by atoms with E-state index >= 15 is 0 Å². The van der Waals surface area contributed by atoms with E-state index in [2.05, 4.69) is 9.97 Å². The standard InChI is InChI=1S/C12H14N4O2S.2BrH/c1-7-10(3-11(17)18)19-6-16(7)5-9-4-14-8(2)15-12(9)13;;/h4,6H,3,5H2,1-2H3,(H2-,13,14,15,17,18);2*1H. The minimum absolute atomic E-state index is 0. The normalized spacial score (nSPS) is 9.62. The van der Waals surface area contributed by atoms with Crippen molar-refractivity contribution in [2.24, 2.45) is 0 Å². The monoisotopic (exact) mass is 438 g/mol. The molecule has 0 aliphatic rings. The van der Waals surface area contributed by atoms with Gasteiger partial charge in [0.2, 0.25) is 5.51 Å². The highest BCUT2D eigenvalue weighted by atomic mass is 79.9. The maximum atomic E-state index is 10.7. The van der Waals surface area contributed by atoms with Gasteiger partial charge in [-0.1, -0.05) is 11.3 Å². The van der Waals surface area contributed by atoms with Gasteiger partial charge in [0.25, 0.3) is 0 Å². The summed E-state index contributed by atoms with van der Waals surface area (Å²) in [6.45, 7) is 4.24. The van der Waals surface area contributed by atoms with Crippen LogP contribution in [0.4, 0.5) is 5.82 Å². The molecule has 2 aromatic heterocycles. The van der Waals surface area contributed by atoms with Crippen molar-refractivity contribution in [2.45, 2.75) is 26.8 Å². The SMILES string of the molecule is Br.Cc1ncc(C[n+]2csc(CC(=O)O)c2C)c(N)n1.[Br-]. The van der Waals surface area contributed by atoms with Gasteiger partial charge in [0.15, 0.2) is 12.2 Å². The fourth-order valence-electron chi connectivity index (χ4n) is 1.73. The predicted molar refractivity (Wildman–Crippen MR) is 81.2 cm³/mol. The number of nitrogens with zero attached hydrogens (tertiary/aromatic N) is 3. The summed E-state index contributed by atoms with van der Waals surface area (Å²) in [6, 6.07) is 0. The summed E-state index contributed by atoms with van der Waals surface area (Å²) in [5, 5.41) is 8.82. The second-order valence-electron chi connectivity index (χ2n) is 4.26. The van der Waals surface area contributed by atoms with Crippen LogP contribution in [0, 0.1) is 13.8 Å². The van der Waals surface area contributed by atoms with E-state index in [1.54, 1.807) is 13.1 Å². The van der Waals surface area contributed by atoms with Crippen LogP contribution in [0.2, 0.25) is 0 Å². The molecule has 2 aromatic rings. The Morgan fingerprint density at radius 1 is 1.48 bits per heavy atom. The molecular formula is C12H16Br2N4O2S. The van der Waals surface area contributed by atoms with E-state index in [-0.39, 0.29) is 40.4 Å². The van der Waals surface area contributed by atoms with Gasteiger partial charge in [-0.25, -0.2) is 9.97 Å². The molecule has 0 spiro atoms. The van der Waals surface area contributed by atoms with Crippen molar-refractivity contribution in [1.29, 1.82) is 0 Å². The van der Waals surface area contributed by atoms with E-state index in [1.807, 2.05) is 17.0 Å². The van der Waals surface area contributed by atoms with Gasteiger partial charge in [0.05, 0.1) is 16.9 Å².